The van der Waals surface area contributed by atoms with Gasteiger partial charge in [-0.05, 0) is 44.1 Å². The maximum atomic E-state index is 13.0. The van der Waals surface area contributed by atoms with E-state index in [4.69, 9.17) is 10.8 Å². The first-order valence-corrected chi connectivity index (χ1v) is 11.7. The Kier molecular flexibility index (Phi) is 9.11. The molecular weight excluding hydrogens is 428 g/mol. The van der Waals surface area contributed by atoms with E-state index in [2.05, 4.69) is 5.32 Å². The van der Waals surface area contributed by atoms with Crippen LogP contribution >= 0.6 is 11.8 Å². The third-order valence-corrected chi connectivity index (χ3v) is 6.24. The molecule has 4 atom stereocenters. The number of aliphatic carboxylic acids is 2. The molecule has 0 bridgehead atoms. The van der Waals surface area contributed by atoms with Gasteiger partial charge in [0.25, 0.3) is 0 Å². The van der Waals surface area contributed by atoms with E-state index in [9.17, 15) is 29.1 Å². The molecule has 3 amide bonds. The summed E-state index contributed by atoms with van der Waals surface area (Å²) in [6.45, 7) is 0.598. The van der Waals surface area contributed by atoms with Gasteiger partial charge in [-0.1, -0.05) is 0 Å². The van der Waals surface area contributed by atoms with Gasteiger partial charge in [0.1, 0.15) is 18.1 Å². The van der Waals surface area contributed by atoms with Crippen molar-refractivity contribution in [1.29, 1.82) is 0 Å². The van der Waals surface area contributed by atoms with E-state index in [1.807, 2.05) is 6.26 Å². The van der Waals surface area contributed by atoms with Crippen molar-refractivity contribution in [2.75, 3.05) is 25.1 Å². The van der Waals surface area contributed by atoms with Gasteiger partial charge >= 0.3 is 11.9 Å². The lowest BCUT2D eigenvalue weighted by molar-refractivity contribution is -0.149. The molecule has 0 aliphatic carbocycles. The Balaban J connectivity index is 2.10. The highest BCUT2D eigenvalue weighted by molar-refractivity contribution is 7.98. The summed E-state index contributed by atoms with van der Waals surface area (Å²) in [7, 11) is 0. The Morgan fingerprint density at radius 2 is 1.61 bits per heavy atom. The van der Waals surface area contributed by atoms with Gasteiger partial charge < -0.3 is 31.1 Å². The van der Waals surface area contributed by atoms with Gasteiger partial charge in [0.2, 0.25) is 17.7 Å². The minimum absolute atomic E-state index is 0.279. The van der Waals surface area contributed by atoms with Crippen molar-refractivity contribution >= 4 is 41.4 Å². The van der Waals surface area contributed by atoms with Crippen molar-refractivity contribution in [3.05, 3.63) is 0 Å². The van der Waals surface area contributed by atoms with Gasteiger partial charge in [-0.25, -0.2) is 4.79 Å². The number of nitrogens with one attached hydrogen (secondary N) is 1. The molecule has 2 saturated heterocycles. The zero-order valence-electron chi connectivity index (χ0n) is 17.5. The molecule has 2 rings (SSSR count). The van der Waals surface area contributed by atoms with Gasteiger partial charge in [-0.2, -0.15) is 11.8 Å². The molecule has 174 valence electrons. The Morgan fingerprint density at radius 1 is 1.03 bits per heavy atom. The summed E-state index contributed by atoms with van der Waals surface area (Å²) in [6, 6.07) is -3.89. The first-order chi connectivity index (χ1) is 14.7. The fourth-order valence-electron chi connectivity index (χ4n) is 4.04. The van der Waals surface area contributed by atoms with E-state index in [0.29, 0.717) is 44.4 Å². The van der Waals surface area contributed by atoms with Crippen LogP contribution in [0.4, 0.5) is 0 Å². The number of carboxylic acid groups (broad SMARTS) is 2. The predicted molar refractivity (Wildman–Crippen MR) is 112 cm³/mol. The molecule has 0 spiro atoms. The molecule has 5 N–H and O–H groups in total. The quantitative estimate of drug-likeness (QED) is 0.324. The highest BCUT2D eigenvalue weighted by atomic mass is 32.2. The molecule has 2 heterocycles. The van der Waals surface area contributed by atoms with Gasteiger partial charge in [-0.3, -0.25) is 19.2 Å². The monoisotopic (exact) mass is 458 g/mol. The lowest BCUT2D eigenvalue weighted by Crippen LogP contribution is -2.56. The number of likely N-dealkylation sites (tertiary alicyclic amines) is 2. The van der Waals surface area contributed by atoms with E-state index in [1.165, 1.54) is 21.6 Å². The van der Waals surface area contributed by atoms with Crippen molar-refractivity contribution < 1.29 is 34.2 Å². The van der Waals surface area contributed by atoms with Crippen LogP contribution < -0.4 is 11.1 Å². The molecule has 0 aromatic heterocycles. The molecule has 12 heteroatoms. The summed E-state index contributed by atoms with van der Waals surface area (Å²) < 4.78 is 0. The van der Waals surface area contributed by atoms with Crippen molar-refractivity contribution in [2.24, 2.45) is 5.73 Å². The SMILES string of the molecule is CSCCC(NC(=O)C1CCCN1C(=O)C(N)CC(=O)O)C(=O)N1CCCC1C(=O)O. The molecule has 0 aromatic rings. The molecule has 0 radical (unpaired) electrons. The summed E-state index contributed by atoms with van der Waals surface area (Å²) >= 11 is 1.50. The number of hydrogen-bond acceptors (Lipinski definition) is 7. The summed E-state index contributed by atoms with van der Waals surface area (Å²) in [6.07, 6.45) is 3.54. The van der Waals surface area contributed by atoms with E-state index >= 15 is 0 Å². The summed E-state index contributed by atoms with van der Waals surface area (Å²) in [4.78, 5) is 63.4. The third kappa shape index (κ3) is 6.33. The lowest BCUT2D eigenvalue weighted by Gasteiger charge is -2.30. The van der Waals surface area contributed by atoms with Crippen LogP contribution in [-0.4, -0.2) is 98.9 Å². The van der Waals surface area contributed by atoms with Crippen molar-refractivity contribution in [1.82, 2.24) is 15.1 Å². The van der Waals surface area contributed by atoms with E-state index in [-0.39, 0.29) is 6.54 Å². The fourth-order valence-corrected chi connectivity index (χ4v) is 4.51. The van der Waals surface area contributed by atoms with Gasteiger partial charge in [-0.15, -0.1) is 0 Å². The molecular formula is C19H30N4O7S. The summed E-state index contributed by atoms with van der Waals surface area (Å²) in [5.74, 6) is -3.26. The van der Waals surface area contributed by atoms with Gasteiger partial charge in [0.15, 0.2) is 0 Å². The van der Waals surface area contributed by atoms with Crippen molar-refractivity contribution in [3.63, 3.8) is 0 Å². The second kappa shape index (κ2) is 11.3. The van der Waals surface area contributed by atoms with Crippen LogP contribution in [0.2, 0.25) is 0 Å². The maximum Gasteiger partial charge on any atom is 0.326 e. The van der Waals surface area contributed by atoms with E-state index in [0.717, 1.165) is 0 Å². The maximum absolute atomic E-state index is 13.0. The first-order valence-electron chi connectivity index (χ1n) is 10.3. The Hall–Kier alpha value is -2.34. The minimum atomic E-state index is -1.25. The Labute approximate surface area is 184 Å². The average molecular weight is 459 g/mol. The predicted octanol–water partition coefficient (Wildman–Crippen LogP) is -0.907. The van der Waals surface area contributed by atoms with Gasteiger partial charge in [0.05, 0.1) is 12.5 Å². The number of thioether (sulfide) groups is 1. The first kappa shape index (κ1) is 24.9. The van der Waals surface area contributed by atoms with Crippen LogP contribution in [0.1, 0.15) is 38.5 Å². The highest BCUT2D eigenvalue weighted by Gasteiger charge is 2.40. The lowest BCUT2D eigenvalue weighted by atomic mass is 10.1. The van der Waals surface area contributed by atoms with Crippen LogP contribution in [0.25, 0.3) is 0 Å². The van der Waals surface area contributed by atoms with E-state index < -0.39 is 60.2 Å². The topological polar surface area (TPSA) is 170 Å². The van der Waals surface area contributed by atoms with Crippen LogP contribution in [0, 0.1) is 0 Å². The number of amides is 3. The van der Waals surface area contributed by atoms with Crippen LogP contribution in [0.3, 0.4) is 0 Å². The fraction of sp³-hybridized carbons (Fsp3) is 0.737. The standard InChI is InChI=1S/C19H30N4O7S/c1-31-9-6-12(18(28)23-8-3-5-14(23)19(29)30)21-16(26)13-4-2-7-22(13)17(27)11(20)10-15(24)25/h11-14H,2-10,20H2,1H3,(H,21,26)(H,24,25)(H,29,30). The van der Waals surface area contributed by atoms with Gasteiger partial charge in [0, 0.05) is 13.1 Å². The molecule has 2 aliphatic heterocycles. The van der Waals surface area contributed by atoms with Crippen molar-refractivity contribution in [2.45, 2.75) is 62.7 Å². The molecule has 11 nitrogen and oxygen atoms in total. The zero-order valence-corrected chi connectivity index (χ0v) is 18.3. The molecule has 4 unspecified atom stereocenters. The third-order valence-electron chi connectivity index (χ3n) is 5.60. The molecule has 2 fully saturated rings. The van der Waals surface area contributed by atoms with Crippen molar-refractivity contribution in [3.8, 4) is 0 Å². The number of hydrogen-bond donors (Lipinski definition) is 4. The molecule has 0 saturated carbocycles. The zero-order chi connectivity index (χ0) is 23.1. The van der Waals surface area contributed by atoms with Crippen LogP contribution in [0.5, 0.6) is 0 Å². The Morgan fingerprint density at radius 3 is 2.16 bits per heavy atom. The minimum Gasteiger partial charge on any atom is -0.481 e. The number of carbonyl (C=O) groups is 5. The summed E-state index contributed by atoms with van der Waals surface area (Å²) in [5.41, 5.74) is 5.68. The number of rotatable bonds is 10. The van der Waals surface area contributed by atoms with Crippen LogP contribution in [-0.2, 0) is 24.0 Å². The molecule has 2 aliphatic rings. The number of nitrogens with two attached hydrogens (primary N) is 1. The number of carboxylic acids is 2. The molecule has 0 aromatic carbocycles. The van der Waals surface area contributed by atoms with E-state index in [1.54, 1.807) is 0 Å². The highest BCUT2D eigenvalue weighted by Crippen LogP contribution is 2.22. The largest absolute Gasteiger partial charge is 0.481 e. The Bertz CT molecular complexity index is 719. The second-order valence-corrected chi connectivity index (χ2v) is 8.75. The number of carbonyl (C=O) groups excluding carboxylic acids is 3. The smallest absolute Gasteiger partial charge is 0.326 e. The summed E-state index contributed by atoms with van der Waals surface area (Å²) in [5, 5.41) is 20.9. The number of nitrogens with zero attached hydrogens (tertiary/aromatic N) is 2. The second-order valence-electron chi connectivity index (χ2n) is 7.76. The molecule has 31 heavy (non-hydrogen) atoms. The van der Waals surface area contributed by atoms with Crippen LogP contribution in [0.15, 0.2) is 0 Å². The normalized spacial score (nSPS) is 22.8. The average Bonchev–Trinajstić information content (AvgIpc) is 3.38.